The zero-order chi connectivity index (χ0) is 23.7. The second-order valence-electron chi connectivity index (χ2n) is 6.29. The van der Waals surface area contributed by atoms with Crippen molar-refractivity contribution in [2.75, 3.05) is 12.0 Å². The first-order valence-corrected chi connectivity index (χ1v) is 8.57. The van der Waals surface area contributed by atoms with Gasteiger partial charge in [-0.3, -0.25) is 15.6 Å². The Balaban J connectivity index is 1.85. The van der Waals surface area contributed by atoms with E-state index in [0.717, 1.165) is 24.3 Å². The average molecular weight is 465 g/mol. The molecule has 0 aliphatic heterocycles. The molecule has 0 aliphatic carbocycles. The summed E-state index contributed by atoms with van der Waals surface area (Å²) in [6.07, 6.45) is -10.1. The highest BCUT2D eigenvalue weighted by Gasteiger charge is 2.37. The number of nitrogens with zero attached hydrogens (tertiary/aromatic N) is 1. The predicted molar refractivity (Wildman–Crippen MR) is 95.4 cm³/mol. The van der Waals surface area contributed by atoms with Gasteiger partial charge in [-0.1, -0.05) is 6.07 Å². The van der Waals surface area contributed by atoms with Gasteiger partial charge < -0.3 is 4.74 Å². The summed E-state index contributed by atoms with van der Waals surface area (Å²) in [6.45, 7) is -0.942. The van der Waals surface area contributed by atoms with Crippen LogP contribution in [0.3, 0.4) is 0 Å². The number of ether oxygens (including phenoxy) is 1. The minimum absolute atomic E-state index is 0.316. The molecule has 0 radical (unpaired) electrons. The summed E-state index contributed by atoms with van der Waals surface area (Å²) < 4.78 is 111. The van der Waals surface area contributed by atoms with Crippen molar-refractivity contribution >= 4 is 22.5 Å². The number of hydrogen-bond acceptors (Lipinski definition) is 4. The van der Waals surface area contributed by atoms with Crippen molar-refractivity contribution in [2.24, 2.45) is 0 Å². The maximum absolute atomic E-state index is 13.5. The van der Waals surface area contributed by atoms with Crippen LogP contribution >= 0.6 is 0 Å². The van der Waals surface area contributed by atoms with E-state index in [2.05, 4.69) is 10.4 Å². The number of para-hydroxylation sites is 1. The van der Waals surface area contributed by atoms with Crippen molar-refractivity contribution in [1.82, 2.24) is 10.4 Å². The molecule has 32 heavy (non-hydrogen) atoms. The van der Waals surface area contributed by atoms with Crippen molar-refractivity contribution in [1.29, 1.82) is 0 Å². The summed E-state index contributed by atoms with van der Waals surface area (Å²) in [4.78, 5) is 15.0. The maximum Gasteiger partial charge on any atom is 0.433 e. The van der Waals surface area contributed by atoms with Gasteiger partial charge in [0.25, 0.3) is 5.91 Å². The summed E-state index contributed by atoms with van der Waals surface area (Å²) in [5.41, 5.74) is -0.302. The van der Waals surface area contributed by atoms with E-state index >= 15 is 0 Å². The van der Waals surface area contributed by atoms with E-state index in [4.69, 9.17) is 4.74 Å². The van der Waals surface area contributed by atoms with Crippen LogP contribution in [0.15, 0.2) is 42.5 Å². The largest absolute Gasteiger partial charge is 0.483 e. The summed E-state index contributed by atoms with van der Waals surface area (Å²) in [7, 11) is 0. The van der Waals surface area contributed by atoms with E-state index in [-0.39, 0.29) is 5.69 Å². The van der Waals surface area contributed by atoms with Gasteiger partial charge in [0.1, 0.15) is 17.3 Å². The molecule has 0 aliphatic rings. The molecule has 0 saturated heterocycles. The second kappa shape index (κ2) is 8.48. The molecule has 0 saturated carbocycles. The first kappa shape index (κ1) is 23.0. The molecule has 0 unspecified atom stereocenters. The van der Waals surface area contributed by atoms with Crippen molar-refractivity contribution in [3.05, 3.63) is 65.4 Å². The molecule has 0 spiro atoms. The van der Waals surface area contributed by atoms with Crippen molar-refractivity contribution < 1.29 is 44.7 Å². The average Bonchev–Trinajstić information content (AvgIpc) is 2.69. The van der Waals surface area contributed by atoms with Gasteiger partial charge >= 0.3 is 12.4 Å². The normalized spacial score (nSPS) is 12.0. The number of rotatable bonds is 5. The third-order valence-electron chi connectivity index (χ3n) is 4.02. The van der Waals surface area contributed by atoms with Gasteiger partial charge in [-0.15, -0.1) is 0 Å². The summed E-state index contributed by atoms with van der Waals surface area (Å²) in [5, 5.41) is -0.404. The Kier molecular flexibility index (Phi) is 6.10. The molecule has 3 rings (SSSR count). The number of hydrazine groups is 1. The van der Waals surface area contributed by atoms with Gasteiger partial charge in [0, 0.05) is 17.5 Å². The Morgan fingerprint density at radius 1 is 0.969 bits per heavy atom. The highest BCUT2D eigenvalue weighted by molar-refractivity contribution is 5.89. The molecule has 0 bridgehead atoms. The second-order valence-corrected chi connectivity index (χ2v) is 6.29. The molecule has 170 valence electrons. The zero-order valence-corrected chi connectivity index (χ0v) is 15.5. The van der Waals surface area contributed by atoms with E-state index < -0.39 is 64.4 Å². The molecular weight excluding hydrogens is 454 g/mol. The molecule has 2 N–H and O–H groups in total. The molecule has 0 atom stereocenters. The molecule has 13 heteroatoms. The van der Waals surface area contributed by atoms with Crippen LogP contribution in [-0.4, -0.2) is 17.5 Å². The third kappa shape index (κ3) is 5.15. The smallest absolute Gasteiger partial charge is 0.433 e. The quantitative estimate of drug-likeness (QED) is 0.408. The van der Waals surface area contributed by atoms with Crippen molar-refractivity contribution in [3.8, 4) is 5.75 Å². The molecule has 1 heterocycles. The molecule has 3 aromatic rings. The molecular formula is C19H11F8N3O2. The van der Waals surface area contributed by atoms with Gasteiger partial charge in [-0.25, -0.2) is 13.8 Å². The Morgan fingerprint density at radius 3 is 2.31 bits per heavy atom. The number of alkyl halides is 6. The lowest BCUT2D eigenvalue weighted by molar-refractivity contribution is -0.142. The number of anilines is 1. The van der Waals surface area contributed by atoms with Gasteiger partial charge in [0.15, 0.2) is 12.4 Å². The number of hydrogen-bond donors (Lipinski definition) is 2. The number of carbonyl (C=O) groups excluding carboxylic acids is 1. The van der Waals surface area contributed by atoms with E-state index in [9.17, 15) is 39.9 Å². The Morgan fingerprint density at radius 2 is 1.69 bits per heavy atom. The fourth-order valence-corrected chi connectivity index (χ4v) is 2.62. The fourth-order valence-electron chi connectivity index (χ4n) is 2.62. The molecule has 5 nitrogen and oxygen atoms in total. The lowest BCUT2D eigenvalue weighted by Crippen LogP contribution is -2.34. The number of fused-ring (bicyclic) bond motifs is 1. The van der Waals surface area contributed by atoms with Crippen LogP contribution in [0.2, 0.25) is 0 Å². The number of aromatic nitrogens is 1. The predicted octanol–water partition coefficient (Wildman–Crippen LogP) is 5.07. The van der Waals surface area contributed by atoms with Gasteiger partial charge in [0.05, 0.1) is 16.8 Å². The summed E-state index contributed by atoms with van der Waals surface area (Å²) in [6, 6.07) is 5.33. The summed E-state index contributed by atoms with van der Waals surface area (Å²) >= 11 is 0. The SMILES string of the molecule is O=C(COc1cc(C(F)(F)F)nc2c(C(F)(F)F)cccc12)NNc1ccc(F)cc1F. The lowest BCUT2D eigenvalue weighted by Gasteiger charge is -2.16. The first-order valence-electron chi connectivity index (χ1n) is 8.57. The summed E-state index contributed by atoms with van der Waals surface area (Å²) in [5.74, 6) is -3.59. The van der Waals surface area contributed by atoms with E-state index in [0.29, 0.717) is 18.2 Å². The van der Waals surface area contributed by atoms with Crippen LogP contribution in [0.25, 0.3) is 10.9 Å². The van der Waals surface area contributed by atoms with E-state index in [1.807, 2.05) is 5.43 Å². The van der Waals surface area contributed by atoms with Crippen LogP contribution in [0, 0.1) is 11.6 Å². The zero-order valence-electron chi connectivity index (χ0n) is 15.5. The Labute approximate surface area is 174 Å². The minimum Gasteiger partial charge on any atom is -0.483 e. The Bertz CT molecular complexity index is 1160. The highest BCUT2D eigenvalue weighted by atomic mass is 19.4. The highest BCUT2D eigenvalue weighted by Crippen LogP contribution is 2.39. The van der Waals surface area contributed by atoms with Crippen LogP contribution in [0.5, 0.6) is 5.75 Å². The van der Waals surface area contributed by atoms with Crippen LogP contribution in [-0.2, 0) is 17.1 Å². The number of nitrogens with one attached hydrogen (secondary N) is 2. The topological polar surface area (TPSA) is 63.2 Å². The van der Waals surface area contributed by atoms with Crippen molar-refractivity contribution in [3.63, 3.8) is 0 Å². The third-order valence-corrected chi connectivity index (χ3v) is 4.02. The van der Waals surface area contributed by atoms with Gasteiger partial charge in [0.2, 0.25) is 0 Å². The minimum atomic E-state index is -5.09. The van der Waals surface area contributed by atoms with Crippen LogP contribution in [0.1, 0.15) is 11.3 Å². The molecule has 0 fully saturated rings. The number of pyridine rings is 1. The lowest BCUT2D eigenvalue weighted by atomic mass is 10.1. The van der Waals surface area contributed by atoms with Gasteiger partial charge in [-0.05, 0) is 24.3 Å². The number of benzene rings is 2. The molecule has 1 aromatic heterocycles. The first-order chi connectivity index (χ1) is 14.9. The van der Waals surface area contributed by atoms with E-state index in [1.54, 1.807) is 0 Å². The Hall–Kier alpha value is -3.64. The number of carbonyl (C=O) groups is 1. The van der Waals surface area contributed by atoms with E-state index in [1.165, 1.54) is 0 Å². The monoisotopic (exact) mass is 465 g/mol. The van der Waals surface area contributed by atoms with Gasteiger partial charge in [-0.2, -0.15) is 26.3 Å². The molecule has 2 aromatic carbocycles. The standard InChI is InChI=1S/C19H11F8N3O2/c20-9-4-5-13(12(21)6-9)29-30-16(31)8-32-14-7-15(19(25,26)27)28-17-10(14)2-1-3-11(17)18(22,23)24/h1-7,29H,8H2,(H,30,31). The van der Waals surface area contributed by atoms with Crippen molar-refractivity contribution in [2.45, 2.75) is 12.4 Å². The number of amides is 1. The molecule has 1 amide bonds. The maximum atomic E-state index is 13.5. The van der Waals surface area contributed by atoms with Crippen LogP contribution < -0.4 is 15.6 Å². The van der Waals surface area contributed by atoms with Crippen LogP contribution in [0.4, 0.5) is 40.8 Å². The fraction of sp³-hybridized carbons (Fsp3) is 0.158. The number of halogens is 8.